The summed E-state index contributed by atoms with van der Waals surface area (Å²) in [6, 6.07) is 5.69. The third-order valence-corrected chi connectivity index (χ3v) is 4.07. The minimum atomic E-state index is -0.397. The van der Waals surface area contributed by atoms with Gasteiger partial charge in [0.1, 0.15) is 5.60 Å². The van der Waals surface area contributed by atoms with Gasteiger partial charge >= 0.3 is 0 Å². The monoisotopic (exact) mass is 303 g/mol. The second-order valence-electron chi connectivity index (χ2n) is 5.50. The van der Waals surface area contributed by atoms with E-state index in [1.807, 2.05) is 25.1 Å². The average Bonchev–Trinajstić information content (AvgIpc) is 3.17. The summed E-state index contributed by atoms with van der Waals surface area (Å²) in [5.74, 6) is 1.83. The maximum atomic E-state index is 5.67. The number of aromatic nitrogens is 3. The van der Waals surface area contributed by atoms with Crippen LogP contribution in [0.2, 0.25) is 0 Å². The molecule has 0 atom stereocenters. The third-order valence-electron chi connectivity index (χ3n) is 4.07. The molecule has 2 heterocycles. The molecule has 3 rings (SSSR count). The molecule has 0 N–H and O–H groups in total. The van der Waals surface area contributed by atoms with Crippen LogP contribution in [0.15, 0.2) is 22.7 Å². The Kier molecular flexibility index (Phi) is 4.38. The van der Waals surface area contributed by atoms with Crippen molar-refractivity contribution in [3.05, 3.63) is 35.6 Å². The lowest BCUT2D eigenvalue weighted by Gasteiger charge is -2.22. The Morgan fingerprint density at radius 1 is 1.23 bits per heavy atom. The molecule has 0 radical (unpaired) electrons. The number of hydrogen-bond donors (Lipinski definition) is 0. The van der Waals surface area contributed by atoms with E-state index in [0.29, 0.717) is 30.6 Å². The highest BCUT2D eigenvalue weighted by Crippen LogP contribution is 2.40. The van der Waals surface area contributed by atoms with Gasteiger partial charge in [-0.15, -0.1) is 0 Å². The number of hydrogen-bond acceptors (Lipinski definition) is 6. The first kappa shape index (κ1) is 15.0. The zero-order valence-corrected chi connectivity index (χ0v) is 13.0. The Hall–Kier alpha value is -1.95. The highest BCUT2D eigenvalue weighted by atomic mass is 16.5. The summed E-state index contributed by atoms with van der Waals surface area (Å²) >= 11 is 0. The van der Waals surface area contributed by atoms with E-state index in [4.69, 9.17) is 14.0 Å². The van der Waals surface area contributed by atoms with Crippen molar-refractivity contribution in [2.45, 2.75) is 44.6 Å². The highest BCUT2D eigenvalue weighted by Gasteiger charge is 2.41. The molecular weight excluding hydrogens is 282 g/mol. The van der Waals surface area contributed by atoms with Gasteiger partial charge in [0.15, 0.2) is 5.82 Å². The second-order valence-corrected chi connectivity index (χ2v) is 5.50. The Labute approximate surface area is 129 Å². The number of pyridine rings is 1. The fourth-order valence-electron chi connectivity index (χ4n) is 2.91. The van der Waals surface area contributed by atoms with Crippen LogP contribution in [-0.4, -0.2) is 28.8 Å². The Morgan fingerprint density at radius 3 is 2.77 bits per heavy atom. The molecule has 0 aromatic carbocycles. The second kappa shape index (κ2) is 6.44. The van der Waals surface area contributed by atoms with Gasteiger partial charge in [-0.2, -0.15) is 4.98 Å². The first-order valence-corrected chi connectivity index (χ1v) is 7.73. The van der Waals surface area contributed by atoms with E-state index >= 15 is 0 Å². The quantitative estimate of drug-likeness (QED) is 0.817. The highest BCUT2D eigenvalue weighted by molar-refractivity contribution is 5.18. The van der Waals surface area contributed by atoms with Crippen molar-refractivity contribution in [2.75, 3.05) is 13.7 Å². The van der Waals surface area contributed by atoms with Crippen LogP contribution in [0, 0.1) is 0 Å². The summed E-state index contributed by atoms with van der Waals surface area (Å²) < 4.78 is 16.5. The largest absolute Gasteiger partial charge is 0.478 e. The van der Waals surface area contributed by atoms with Crippen LogP contribution in [0.4, 0.5) is 0 Å². The molecule has 1 fully saturated rings. The lowest BCUT2D eigenvalue weighted by Crippen LogP contribution is -2.24. The summed E-state index contributed by atoms with van der Waals surface area (Å²) in [5, 5.41) is 4.08. The standard InChI is InChI=1S/C16H21N3O3/c1-3-21-14-8-6-7-12(17-14)11-13-18-15(22-19-13)16(20-2)9-4-5-10-16/h6-8H,3-5,9-11H2,1-2H3. The smallest absolute Gasteiger partial charge is 0.258 e. The molecule has 2 aromatic heterocycles. The van der Waals surface area contributed by atoms with E-state index in [1.165, 1.54) is 0 Å². The maximum Gasteiger partial charge on any atom is 0.258 e. The number of ether oxygens (including phenoxy) is 2. The van der Waals surface area contributed by atoms with E-state index in [2.05, 4.69) is 15.1 Å². The molecule has 118 valence electrons. The first-order chi connectivity index (χ1) is 10.8. The van der Waals surface area contributed by atoms with Gasteiger partial charge in [0.2, 0.25) is 5.88 Å². The molecule has 22 heavy (non-hydrogen) atoms. The van der Waals surface area contributed by atoms with E-state index in [-0.39, 0.29) is 0 Å². The molecule has 0 saturated heterocycles. The molecule has 2 aromatic rings. The molecule has 0 unspecified atom stereocenters. The van der Waals surface area contributed by atoms with Gasteiger partial charge in [-0.05, 0) is 38.7 Å². The Balaban J connectivity index is 1.75. The lowest BCUT2D eigenvalue weighted by atomic mass is 10.0. The minimum absolute atomic E-state index is 0.397. The SMILES string of the molecule is CCOc1cccc(Cc2noc(C3(OC)CCCC3)n2)n1. The molecule has 1 saturated carbocycles. The Bertz CT molecular complexity index is 621. The van der Waals surface area contributed by atoms with Gasteiger partial charge in [0, 0.05) is 13.2 Å². The van der Waals surface area contributed by atoms with Gasteiger partial charge in [0.05, 0.1) is 18.7 Å². The van der Waals surface area contributed by atoms with E-state index in [1.54, 1.807) is 7.11 Å². The lowest BCUT2D eigenvalue weighted by molar-refractivity contribution is -0.0342. The summed E-state index contributed by atoms with van der Waals surface area (Å²) in [6.45, 7) is 2.53. The fourth-order valence-corrected chi connectivity index (χ4v) is 2.91. The number of rotatable bonds is 6. The van der Waals surface area contributed by atoms with Crippen LogP contribution in [-0.2, 0) is 16.8 Å². The van der Waals surface area contributed by atoms with Gasteiger partial charge in [-0.3, -0.25) is 0 Å². The van der Waals surface area contributed by atoms with Crippen LogP contribution >= 0.6 is 0 Å². The van der Waals surface area contributed by atoms with Gasteiger partial charge in [-0.25, -0.2) is 4.98 Å². The molecular formula is C16H21N3O3. The molecule has 1 aliphatic rings. The summed E-state index contributed by atoms with van der Waals surface area (Å²) in [4.78, 5) is 8.95. The van der Waals surface area contributed by atoms with Crippen molar-refractivity contribution in [3.8, 4) is 5.88 Å². The van der Waals surface area contributed by atoms with E-state index in [9.17, 15) is 0 Å². The van der Waals surface area contributed by atoms with Crippen LogP contribution in [0.3, 0.4) is 0 Å². The molecule has 0 bridgehead atoms. The van der Waals surface area contributed by atoms with Crippen molar-refractivity contribution < 1.29 is 14.0 Å². The van der Waals surface area contributed by atoms with Crippen LogP contribution in [0.5, 0.6) is 5.88 Å². The van der Waals surface area contributed by atoms with Gasteiger partial charge < -0.3 is 14.0 Å². The van der Waals surface area contributed by atoms with E-state index in [0.717, 1.165) is 31.4 Å². The van der Waals surface area contributed by atoms with Crippen molar-refractivity contribution in [3.63, 3.8) is 0 Å². The van der Waals surface area contributed by atoms with Crippen LogP contribution < -0.4 is 4.74 Å². The molecule has 0 aliphatic heterocycles. The Morgan fingerprint density at radius 2 is 2.05 bits per heavy atom. The molecule has 6 heteroatoms. The zero-order chi connectivity index (χ0) is 15.4. The van der Waals surface area contributed by atoms with Crippen LogP contribution in [0.25, 0.3) is 0 Å². The molecule has 0 amide bonds. The van der Waals surface area contributed by atoms with Crippen molar-refractivity contribution >= 4 is 0 Å². The molecule has 1 aliphatic carbocycles. The predicted molar refractivity (Wildman–Crippen MR) is 79.7 cm³/mol. The molecule has 6 nitrogen and oxygen atoms in total. The van der Waals surface area contributed by atoms with Crippen LogP contribution in [0.1, 0.15) is 50.0 Å². The third kappa shape index (κ3) is 2.97. The minimum Gasteiger partial charge on any atom is -0.478 e. The van der Waals surface area contributed by atoms with Crippen molar-refractivity contribution in [2.24, 2.45) is 0 Å². The first-order valence-electron chi connectivity index (χ1n) is 7.73. The summed E-state index contributed by atoms with van der Waals surface area (Å²) in [5.41, 5.74) is 0.461. The summed E-state index contributed by atoms with van der Waals surface area (Å²) in [7, 11) is 1.71. The predicted octanol–water partition coefficient (Wildman–Crippen LogP) is 2.87. The maximum absolute atomic E-state index is 5.67. The normalized spacial score (nSPS) is 16.8. The zero-order valence-electron chi connectivity index (χ0n) is 13.0. The summed E-state index contributed by atoms with van der Waals surface area (Å²) in [6.07, 6.45) is 4.64. The van der Waals surface area contributed by atoms with Crippen molar-refractivity contribution in [1.29, 1.82) is 0 Å². The van der Waals surface area contributed by atoms with Gasteiger partial charge in [0.25, 0.3) is 5.89 Å². The van der Waals surface area contributed by atoms with Crippen molar-refractivity contribution in [1.82, 2.24) is 15.1 Å². The number of nitrogens with zero attached hydrogens (tertiary/aromatic N) is 3. The van der Waals surface area contributed by atoms with Gasteiger partial charge in [-0.1, -0.05) is 11.2 Å². The molecule has 0 spiro atoms. The fraction of sp³-hybridized carbons (Fsp3) is 0.562. The average molecular weight is 303 g/mol. The number of methoxy groups -OCH3 is 1. The van der Waals surface area contributed by atoms with E-state index < -0.39 is 5.60 Å². The topological polar surface area (TPSA) is 70.3 Å².